The van der Waals surface area contributed by atoms with Crippen molar-refractivity contribution < 1.29 is 5.11 Å². The van der Waals surface area contributed by atoms with E-state index in [9.17, 15) is 5.11 Å². The number of imidazole rings is 1. The minimum atomic E-state index is -0.902. The number of hydrogen-bond acceptors (Lipinski definition) is 2. The average Bonchev–Trinajstić information content (AvgIpc) is 3.52. The Labute approximate surface area is 261 Å². The minimum absolute atomic E-state index is 0.778. The summed E-state index contributed by atoms with van der Waals surface area (Å²) < 4.78 is 2.05. The first-order valence-electron chi connectivity index (χ1n) is 15.3. The van der Waals surface area contributed by atoms with E-state index in [-0.39, 0.29) is 0 Å². The molecule has 8 aromatic rings. The topological polar surface area (TPSA) is 38.1 Å². The zero-order valence-corrected chi connectivity index (χ0v) is 24.4. The monoisotopic (exact) mass is 576 g/mol. The maximum atomic E-state index is 12.3. The van der Waals surface area contributed by atoms with E-state index in [4.69, 9.17) is 4.98 Å². The lowest BCUT2D eigenvalue weighted by Gasteiger charge is -2.27. The van der Waals surface area contributed by atoms with Gasteiger partial charge in [0.25, 0.3) is 0 Å². The van der Waals surface area contributed by atoms with Gasteiger partial charge in [0.1, 0.15) is 5.82 Å². The lowest BCUT2D eigenvalue weighted by molar-refractivity contribution is 0.152. The van der Waals surface area contributed by atoms with Crippen LogP contribution in [0.5, 0.6) is 0 Å². The van der Waals surface area contributed by atoms with Crippen molar-refractivity contribution in [2.45, 2.75) is 6.23 Å². The van der Waals surface area contributed by atoms with Crippen molar-refractivity contribution in [3.8, 4) is 55.9 Å². The molecule has 212 valence electrons. The van der Waals surface area contributed by atoms with Crippen LogP contribution in [0.15, 0.2) is 158 Å². The number of nitrogens with zero attached hydrogens (tertiary/aromatic N) is 2. The van der Waals surface area contributed by atoms with Crippen molar-refractivity contribution in [3.63, 3.8) is 0 Å². The molecule has 1 unspecified atom stereocenters. The van der Waals surface area contributed by atoms with E-state index in [0.29, 0.717) is 0 Å². The number of aromatic nitrogens is 2. The number of rotatable bonds is 4. The van der Waals surface area contributed by atoms with Crippen molar-refractivity contribution in [1.29, 1.82) is 0 Å². The third-order valence-electron chi connectivity index (χ3n) is 9.11. The Morgan fingerprint density at radius 2 is 1.02 bits per heavy atom. The second kappa shape index (κ2) is 10.2. The van der Waals surface area contributed by atoms with Gasteiger partial charge in [-0.2, -0.15) is 0 Å². The Kier molecular flexibility index (Phi) is 5.80. The van der Waals surface area contributed by atoms with Gasteiger partial charge >= 0.3 is 0 Å². The summed E-state index contributed by atoms with van der Waals surface area (Å²) in [6.45, 7) is 0. The standard InChI is InChI=1S/C42H28N2O/c45-42-34-23-13-22-32-31(27-14-5-1-6-15-27)24-25-33(38(32)34)41-43-39-37(30-20-11-4-12-21-30)35(28-16-7-2-8-17-28)26-36(40(39)44(41)42)29-18-9-3-10-19-29/h1-26,42,45H. The molecule has 1 atom stereocenters. The molecule has 9 rings (SSSR count). The van der Waals surface area contributed by atoms with Gasteiger partial charge in [-0.25, -0.2) is 4.98 Å². The van der Waals surface area contributed by atoms with Gasteiger partial charge in [0.2, 0.25) is 0 Å². The van der Waals surface area contributed by atoms with Crippen molar-refractivity contribution in [3.05, 3.63) is 163 Å². The van der Waals surface area contributed by atoms with Crippen LogP contribution in [0.2, 0.25) is 0 Å². The highest BCUT2D eigenvalue weighted by Crippen LogP contribution is 2.49. The molecule has 1 aromatic heterocycles. The third kappa shape index (κ3) is 3.91. The van der Waals surface area contributed by atoms with Gasteiger partial charge in [-0.3, -0.25) is 4.57 Å². The quantitative estimate of drug-likeness (QED) is 0.226. The van der Waals surface area contributed by atoms with Gasteiger partial charge in [-0.15, -0.1) is 0 Å². The van der Waals surface area contributed by atoms with E-state index < -0.39 is 6.23 Å². The molecule has 3 heteroatoms. The zero-order chi connectivity index (χ0) is 29.9. The van der Waals surface area contributed by atoms with Crippen molar-refractivity contribution in [2.75, 3.05) is 0 Å². The van der Waals surface area contributed by atoms with E-state index in [2.05, 4.69) is 144 Å². The molecule has 0 radical (unpaired) electrons. The molecule has 1 N–H and O–H groups in total. The first kappa shape index (κ1) is 25.7. The summed E-state index contributed by atoms with van der Waals surface area (Å²) >= 11 is 0. The molecule has 0 fully saturated rings. The van der Waals surface area contributed by atoms with Gasteiger partial charge in [0, 0.05) is 27.6 Å². The molecule has 0 amide bonds. The highest BCUT2D eigenvalue weighted by atomic mass is 16.3. The third-order valence-corrected chi connectivity index (χ3v) is 9.11. The number of fused-ring (bicyclic) bond motifs is 4. The molecule has 0 bridgehead atoms. The average molecular weight is 577 g/mol. The summed E-state index contributed by atoms with van der Waals surface area (Å²) in [4.78, 5) is 5.48. The molecule has 0 aliphatic carbocycles. The summed E-state index contributed by atoms with van der Waals surface area (Å²) in [5.41, 5.74) is 12.5. The number of aliphatic hydroxyl groups excluding tert-OH is 1. The molecule has 3 nitrogen and oxygen atoms in total. The largest absolute Gasteiger partial charge is 0.369 e. The second-order valence-electron chi connectivity index (χ2n) is 11.6. The summed E-state index contributed by atoms with van der Waals surface area (Å²) in [5, 5.41) is 14.5. The molecular formula is C42H28N2O. The highest BCUT2D eigenvalue weighted by Gasteiger charge is 2.32. The number of aliphatic hydroxyl groups is 1. The summed E-state index contributed by atoms with van der Waals surface area (Å²) in [7, 11) is 0. The van der Waals surface area contributed by atoms with Crippen LogP contribution in [0, 0.1) is 0 Å². The Balaban J connectivity index is 1.44. The molecular weight excluding hydrogens is 548 g/mol. The van der Waals surface area contributed by atoms with Crippen LogP contribution >= 0.6 is 0 Å². The molecule has 2 heterocycles. The Bertz CT molecular complexity index is 2360. The van der Waals surface area contributed by atoms with Crippen LogP contribution in [-0.2, 0) is 0 Å². The van der Waals surface area contributed by atoms with Gasteiger partial charge in [-0.05, 0) is 50.9 Å². The van der Waals surface area contributed by atoms with E-state index in [0.717, 1.165) is 83.3 Å². The van der Waals surface area contributed by atoms with E-state index in [1.54, 1.807) is 0 Å². The number of benzene rings is 7. The predicted octanol–water partition coefficient (Wildman–Crippen LogP) is 10.4. The summed E-state index contributed by atoms with van der Waals surface area (Å²) in [6.07, 6.45) is -0.902. The lowest BCUT2D eigenvalue weighted by atomic mass is 9.88. The molecule has 0 saturated heterocycles. The molecule has 0 saturated carbocycles. The molecule has 1 aliphatic heterocycles. The minimum Gasteiger partial charge on any atom is -0.369 e. The predicted molar refractivity (Wildman–Crippen MR) is 185 cm³/mol. The van der Waals surface area contributed by atoms with E-state index in [1.165, 1.54) is 0 Å². The normalized spacial score (nSPS) is 13.7. The smallest absolute Gasteiger partial charge is 0.159 e. The summed E-state index contributed by atoms with van der Waals surface area (Å²) in [5.74, 6) is 0.778. The fraction of sp³-hybridized carbons (Fsp3) is 0.0238. The van der Waals surface area contributed by atoms with Gasteiger partial charge < -0.3 is 5.11 Å². The van der Waals surface area contributed by atoms with Crippen molar-refractivity contribution in [1.82, 2.24) is 9.55 Å². The number of hydrogen-bond donors (Lipinski definition) is 1. The first-order valence-corrected chi connectivity index (χ1v) is 15.3. The first-order chi connectivity index (χ1) is 22.3. The van der Waals surface area contributed by atoms with Crippen molar-refractivity contribution in [2.24, 2.45) is 0 Å². The maximum Gasteiger partial charge on any atom is 0.159 e. The van der Waals surface area contributed by atoms with E-state index in [1.807, 2.05) is 18.2 Å². The second-order valence-corrected chi connectivity index (χ2v) is 11.6. The van der Waals surface area contributed by atoms with Gasteiger partial charge in [0.05, 0.1) is 11.0 Å². The fourth-order valence-corrected chi connectivity index (χ4v) is 7.13. The van der Waals surface area contributed by atoms with Crippen LogP contribution < -0.4 is 0 Å². The van der Waals surface area contributed by atoms with Crippen LogP contribution in [0.25, 0.3) is 77.7 Å². The zero-order valence-electron chi connectivity index (χ0n) is 24.4. The molecule has 7 aromatic carbocycles. The molecule has 0 spiro atoms. The van der Waals surface area contributed by atoms with Crippen LogP contribution in [0.1, 0.15) is 11.8 Å². The SMILES string of the molecule is OC1c2cccc3c(-c4ccccc4)ccc(c23)-c2nc3c(-c4ccccc4)c(-c4ccccc4)cc(-c4ccccc4)c3n21. The van der Waals surface area contributed by atoms with Crippen molar-refractivity contribution >= 4 is 21.8 Å². The Hall–Kier alpha value is -5.77. The maximum absolute atomic E-state index is 12.3. The summed E-state index contributed by atoms with van der Waals surface area (Å²) in [6, 6.07) is 54.9. The Morgan fingerprint density at radius 3 is 1.64 bits per heavy atom. The Morgan fingerprint density at radius 1 is 0.489 bits per heavy atom. The molecule has 45 heavy (non-hydrogen) atoms. The lowest BCUT2D eigenvalue weighted by Crippen LogP contribution is -2.16. The fourth-order valence-electron chi connectivity index (χ4n) is 7.13. The van der Waals surface area contributed by atoms with E-state index >= 15 is 0 Å². The highest BCUT2D eigenvalue weighted by molar-refractivity contribution is 6.12. The molecule has 1 aliphatic rings. The van der Waals surface area contributed by atoms with Crippen LogP contribution in [0.4, 0.5) is 0 Å². The van der Waals surface area contributed by atoms with Crippen LogP contribution in [-0.4, -0.2) is 14.7 Å². The van der Waals surface area contributed by atoms with Gasteiger partial charge in [0.15, 0.2) is 6.23 Å². The van der Waals surface area contributed by atoms with Gasteiger partial charge in [-0.1, -0.05) is 146 Å². The van der Waals surface area contributed by atoms with Crippen LogP contribution in [0.3, 0.4) is 0 Å².